The molecule has 0 saturated carbocycles. The van der Waals surface area contributed by atoms with E-state index in [0.29, 0.717) is 11.4 Å². The average Bonchev–Trinajstić information content (AvgIpc) is 3.31. The third-order valence-electron chi connectivity index (χ3n) is 4.37. The predicted molar refractivity (Wildman–Crippen MR) is 113 cm³/mol. The van der Waals surface area contributed by atoms with Crippen LogP contribution in [0.2, 0.25) is 5.02 Å². The Morgan fingerprint density at radius 1 is 1.32 bits per heavy atom. The number of urea groups is 1. The third kappa shape index (κ3) is 4.54. The summed E-state index contributed by atoms with van der Waals surface area (Å²) in [5.41, 5.74) is 1.70. The molecule has 8 heteroatoms. The molecule has 1 aromatic carbocycles. The lowest BCUT2D eigenvalue weighted by atomic mass is 10.0. The molecular weight excluding hydrogens is 396 g/mol. The lowest BCUT2D eigenvalue weighted by molar-refractivity contribution is -0.133. The first-order chi connectivity index (χ1) is 13.4. The van der Waals surface area contributed by atoms with Gasteiger partial charge in [-0.3, -0.25) is 4.79 Å². The molecule has 2 heterocycles. The fraction of sp³-hybridized carbons (Fsp3) is 0.350. The van der Waals surface area contributed by atoms with Crippen LogP contribution in [-0.4, -0.2) is 47.2 Å². The van der Waals surface area contributed by atoms with Gasteiger partial charge in [-0.2, -0.15) is 5.10 Å². The van der Waals surface area contributed by atoms with Crippen LogP contribution < -0.4 is 5.32 Å². The highest BCUT2D eigenvalue weighted by Gasteiger charge is 2.35. The summed E-state index contributed by atoms with van der Waals surface area (Å²) in [4.78, 5) is 27.6. The van der Waals surface area contributed by atoms with Gasteiger partial charge in [-0.25, -0.2) is 9.80 Å². The first kappa shape index (κ1) is 20.4. The highest BCUT2D eigenvalue weighted by molar-refractivity contribution is 7.12. The van der Waals surface area contributed by atoms with Crippen LogP contribution in [0.15, 0.2) is 46.9 Å². The maximum absolute atomic E-state index is 13.0. The Balaban J connectivity index is 1.84. The van der Waals surface area contributed by atoms with Crippen molar-refractivity contribution in [3.63, 3.8) is 0 Å². The highest BCUT2D eigenvalue weighted by Crippen LogP contribution is 2.36. The summed E-state index contributed by atoms with van der Waals surface area (Å²) < 4.78 is 0. The fourth-order valence-electron chi connectivity index (χ4n) is 3.02. The van der Waals surface area contributed by atoms with Crippen molar-refractivity contribution in [3.8, 4) is 0 Å². The molecule has 0 fully saturated rings. The summed E-state index contributed by atoms with van der Waals surface area (Å²) in [5.74, 6) is -0.252. The maximum atomic E-state index is 13.0. The molecule has 1 aliphatic rings. The number of hydrogen-bond donors (Lipinski definition) is 1. The minimum atomic E-state index is -0.292. The lowest BCUT2D eigenvalue weighted by Gasteiger charge is -2.26. The Labute approximate surface area is 173 Å². The van der Waals surface area contributed by atoms with Crippen LogP contribution >= 0.6 is 22.9 Å². The van der Waals surface area contributed by atoms with Gasteiger partial charge in [0.1, 0.15) is 6.54 Å². The van der Waals surface area contributed by atoms with E-state index in [2.05, 4.69) is 10.4 Å². The summed E-state index contributed by atoms with van der Waals surface area (Å²) in [5, 5.41) is 11.4. The number of thiophene rings is 1. The topological polar surface area (TPSA) is 65.0 Å². The molecule has 1 aromatic heterocycles. The zero-order valence-electron chi connectivity index (χ0n) is 16.1. The second-order valence-electron chi connectivity index (χ2n) is 6.96. The Kier molecular flexibility index (Phi) is 6.36. The van der Waals surface area contributed by atoms with Crippen LogP contribution in [-0.2, 0) is 4.79 Å². The fourth-order valence-corrected chi connectivity index (χ4v) is 4.01. The van der Waals surface area contributed by atoms with Gasteiger partial charge in [0, 0.05) is 24.5 Å². The Morgan fingerprint density at radius 2 is 2.07 bits per heavy atom. The number of hydrazone groups is 1. The molecule has 3 rings (SSSR count). The third-order valence-corrected chi connectivity index (χ3v) is 5.63. The highest BCUT2D eigenvalue weighted by atomic mass is 35.5. The Morgan fingerprint density at radius 3 is 2.71 bits per heavy atom. The van der Waals surface area contributed by atoms with Crippen LogP contribution in [0.25, 0.3) is 0 Å². The van der Waals surface area contributed by atoms with Crippen LogP contribution in [0, 0.1) is 0 Å². The Bertz CT molecular complexity index is 882. The van der Waals surface area contributed by atoms with Gasteiger partial charge in [0.25, 0.3) is 5.91 Å². The van der Waals surface area contributed by atoms with Crippen molar-refractivity contribution in [2.75, 3.05) is 13.6 Å². The van der Waals surface area contributed by atoms with Crippen molar-refractivity contribution in [3.05, 3.63) is 57.2 Å². The van der Waals surface area contributed by atoms with Crippen molar-refractivity contribution in [2.24, 2.45) is 5.10 Å². The molecule has 2 aromatic rings. The molecule has 1 atom stereocenters. The molecule has 3 amide bonds. The number of rotatable bonds is 5. The number of hydrogen-bond acceptors (Lipinski definition) is 4. The molecule has 6 nitrogen and oxygen atoms in total. The van der Waals surface area contributed by atoms with E-state index in [4.69, 9.17) is 11.6 Å². The van der Waals surface area contributed by atoms with Gasteiger partial charge in [0.2, 0.25) is 0 Å². The molecule has 0 spiro atoms. The molecular formula is C20H23ClN4O2S. The zero-order chi connectivity index (χ0) is 20.3. The second kappa shape index (κ2) is 8.75. The number of likely N-dealkylation sites (N-methyl/N-ethyl adjacent to an activating group) is 1. The SMILES string of the molecule is CC(C)NC(=O)N(C)CC(=O)N1N=C(c2cccs2)CC1c1ccccc1Cl. The zero-order valence-corrected chi connectivity index (χ0v) is 17.6. The minimum Gasteiger partial charge on any atom is -0.336 e. The predicted octanol–water partition coefficient (Wildman–Crippen LogP) is 4.13. The van der Waals surface area contributed by atoms with Crippen molar-refractivity contribution in [1.82, 2.24) is 15.2 Å². The van der Waals surface area contributed by atoms with Gasteiger partial charge in [-0.1, -0.05) is 35.9 Å². The van der Waals surface area contributed by atoms with Gasteiger partial charge in [-0.05, 0) is 36.9 Å². The second-order valence-corrected chi connectivity index (χ2v) is 8.32. The molecule has 28 heavy (non-hydrogen) atoms. The monoisotopic (exact) mass is 418 g/mol. The van der Waals surface area contributed by atoms with Crippen LogP contribution in [0.1, 0.15) is 36.8 Å². The van der Waals surface area contributed by atoms with Crippen molar-refractivity contribution in [1.29, 1.82) is 0 Å². The summed E-state index contributed by atoms with van der Waals surface area (Å²) in [6, 6.07) is 10.8. The van der Waals surface area contributed by atoms with Crippen molar-refractivity contribution < 1.29 is 9.59 Å². The van der Waals surface area contributed by atoms with Gasteiger partial charge in [-0.15, -0.1) is 11.3 Å². The van der Waals surface area contributed by atoms with Gasteiger partial charge >= 0.3 is 6.03 Å². The normalized spacial score (nSPS) is 16.2. The molecule has 0 radical (unpaired) electrons. The lowest BCUT2D eigenvalue weighted by Crippen LogP contribution is -2.45. The van der Waals surface area contributed by atoms with E-state index in [-0.39, 0.29) is 30.6 Å². The van der Waals surface area contributed by atoms with Gasteiger partial charge in [0.15, 0.2) is 0 Å². The minimum absolute atomic E-state index is 0.00355. The number of halogens is 1. The molecule has 1 N–H and O–H groups in total. The van der Waals surface area contributed by atoms with E-state index < -0.39 is 0 Å². The first-order valence-corrected chi connectivity index (χ1v) is 10.3. The molecule has 1 unspecified atom stereocenters. The smallest absolute Gasteiger partial charge is 0.317 e. The number of amides is 3. The molecule has 1 aliphatic heterocycles. The van der Waals surface area contributed by atoms with Gasteiger partial charge < -0.3 is 10.2 Å². The van der Waals surface area contributed by atoms with E-state index in [0.717, 1.165) is 16.2 Å². The van der Waals surface area contributed by atoms with E-state index in [1.807, 2.05) is 55.6 Å². The summed E-state index contributed by atoms with van der Waals surface area (Å²) in [6.07, 6.45) is 0.581. The van der Waals surface area contributed by atoms with E-state index in [1.165, 1.54) is 9.91 Å². The molecule has 148 valence electrons. The molecule has 0 saturated heterocycles. The summed E-state index contributed by atoms with van der Waals surface area (Å²) >= 11 is 7.98. The number of carbonyl (C=O) groups excluding carboxylic acids is 2. The first-order valence-electron chi connectivity index (χ1n) is 9.06. The average molecular weight is 419 g/mol. The maximum Gasteiger partial charge on any atom is 0.317 e. The van der Waals surface area contributed by atoms with Gasteiger partial charge in [0.05, 0.1) is 16.6 Å². The van der Waals surface area contributed by atoms with Crippen LogP contribution in [0.5, 0.6) is 0 Å². The van der Waals surface area contributed by atoms with E-state index in [1.54, 1.807) is 18.4 Å². The number of benzene rings is 1. The molecule has 0 bridgehead atoms. The number of carbonyl (C=O) groups is 2. The standard InChI is InChI=1S/C20H23ClN4O2S/c1-13(2)22-20(27)24(3)12-19(26)25-17(14-7-4-5-8-15(14)21)11-16(23-25)18-9-6-10-28-18/h4-10,13,17H,11-12H2,1-3H3,(H,22,27). The van der Waals surface area contributed by atoms with E-state index >= 15 is 0 Å². The summed E-state index contributed by atoms with van der Waals surface area (Å²) in [6.45, 7) is 3.68. The van der Waals surface area contributed by atoms with Crippen molar-refractivity contribution >= 4 is 40.6 Å². The number of nitrogens with zero attached hydrogens (tertiary/aromatic N) is 3. The summed E-state index contributed by atoms with van der Waals surface area (Å²) in [7, 11) is 1.60. The number of nitrogens with one attached hydrogen (secondary N) is 1. The molecule has 0 aliphatic carbocycles. The van der Waals surface area contributed by atoms with E-state index in [9.17, 15) is 9.59 Å². The quantitative estimate of drug-likeness (QED) is 0.793. The largest absolute Gasteiger partial charge is 0.336 e. The Hall–Kier alpha value is -2.38. The van der Waals surface area contributed by atoms with Crippen molar-refractivity contribution in [2.45, 2.75) is 32.4 Å². The van der Waals surface area contributed by atoms with Crippen LogP contribution in [0.3, 0.4) is 0 Å². The van der Waals surface area contributed by atoms with Crippen LogP contribution in [0.4, 0.5) is 4.79 Å².